The number of aliphatic carboxylic acids is 3. The van der Waals surface area contributed by atoms with E-state index in [0.29, 0.717) is 32.5 Å². The Morgan fingerprint density at radius 2 is 1.09 bits per heavy atom. The van der Waals surface area contributed by atoms with Crippen LogP contribution in [0.2, 0.25) is 0 Å². The van der Waals surface area contributed by atoms with Gasteiger partial charge in [0.1, 0.15) is 0 Å². The van der Waals surface area contributed by atoms with Crippen molar-refractivity contribution in [2.24, 2.45) is 11.7 Å². The molecule has 0 rings (SSSR count). The molecule has 0 heterocycles. The minimum absolute atomic E-state index is 0.213. The molecule has 0 aliphatic carbocycles. The zero-order valence-electron chi connectivity index (χ0n) is 18.4. The molecule has 0 amide bonds. The van der Waals surface area contributed by atoms with Crippen molar-refractivity contribution >= 4 is 17.9 Å². The van der Waals surface area contributed by atoms with Gasteiger partial charge in [-0.2, -0.15) is 0 Å². The van der Waals surface area contributed by atoms with Gasteiger partial charge in [-0.05, 0) is 19.4 Å². The van der Waals surface area contributed by atoms with Crippen LogP contribution in [0.15, 0.2) is 0 Å². The van der Waals surface area contributed by atoms with Crippen LogP contribution in [0.25, 0.3) is 0 Å². The molecule has 13 heteroatoms. The lowest BCUT2D eigenvalue weighted by molar-refractivity contribution is -0.140. The second kappa shape index (κ2) is 17.7. The van der Waals surface area contributed by atoms with Crippen LogP contribution in [0.3, 0.4) is 0 Å². The third-order valence-electron chi connectivity index (χ3n) is 5.00. The Kier molecular flexibility index (Phi) is 16.6. The van der Waals surface area contributed by atoms with E-state index < -0.39 is 36.5 Å². The lowest BCUT2D eigenvalue weighted by atomic mass is 9.98. The summed E-state index contributed by atoms with van der Waals surface area (Å²) in [6.07, 6.45) is -0.199. The number of carbonyl (C=O) groups is 3. The van der Waals surface area contributed by atoms with Crippen LogP contribution in [-0.2, 0) is 14.4 Å². The quantitative estimate of drug-likeness (QED) is 0.0892. The van der Waals surface area contributed by atoms with Crippen molar-refractivity contribution in [2.45, 2.75) is 18.9 Å². The van der Waals surface area contributed by atoms with E-state index in [2.05, 4.69) is 0 Å². The summed E-state index contributed by atoms with van der Waals surface area (Å²) in [7, 11) is 0. The van der Waals surface area contributed by atoms with Gasteiger partial charge in [0, 0.05) is 51.8 Å². The van der Waals surface area contributed by atoms with Crippen molar-refractivity contribution in [2.75, 3.05) is 78.7 Å². The van der Waals surface area contributed by atoms with Crippen LogP contribution >= 0.6 is 0 Å². The third-order valence-corrected chi connectivity index (χ3v) is 5.00. The fourth-order valence-corrected chi connectivity index (χ4v) is 3.26. The van der Waals surface area contributed by atoms with Gasteiger partial charge in [0.2, 0.25) is 0 Å². The number of nitrogens with two attached hydrogens (primary N) is 1. The van der Waals surface area contributed by atoms with Crippen LogP contribution in [0, 0.1) is 5.92 Å². The molecule has 188 valence electrons. The molecule has 32 heavy (non-hydrogen) atoms. The van der Waals surface area contributed by atoms with Gasteiger partial charge >= 0.3 is 17.9 Å². The van der Waals surface area contributed by atoms with Crippen LogP contribution < -0.4 is 5.73 Å². The first-order chi connectivity index (χ1) is 15.1. The molecular formula is C19H38N4O9. The van der Waals surface area contributed by atoms with Gasteiger partial charge in [-0.15, -0.1) is 0 Å². The molecule has 0 saturated heterocycles. The SMILES string of the molecule is NCCN(CCN(CCN(CCC[C@H](CO)[C@H](O)CO)CC(=O)O)CC(=O)O)CC(=O)O. The van der Waals surface area contributed by atoms with E-state index in [0.717, 1.165) is 0 Å². The first-order valence-electron chi connectivity index (χ1n) is 10.5. The zero-order chi connectivity index (χ0) is 24.5. The first-order valence-corrected chi connectivity index (χ1v) is 10.5. The van der Waals surface area contributed by atoms with Gasteiger partial charge in [-0.3, -0.25) is 29.1 Å². The van der Waals surface area contributed by atoms with Crippen LogP contribution in [0.1, 0.15) is 12.8 Å². The van der Waals surface area contributed by atoms with Gasteiger partial charge < -0.3 is 36.4 Å². The number of aliphatic hydroxyl groups is 3. The summed E-state index contributed by atoms with van der Waals surface area (Å²) >= 11 is 0. The fourth-order valence-electron chi connectivity index (χ4n) is 3.26. The number of hydrogen-bond donors (Lipinski definition) is 7. The predicted molar refractivity (Wildman–Crippen MR) is 114 cm³/mol. The van der Waals surface area contributed by atoms with Crippen LogP contribution in [0.5, 0.6) is 0 Å². The van der Waals surface area contributed by atoms with E-state index in [-0.39, 0.29) is 52.4 Å². The molecule has 0 radical (unpaired) electrons. The first kappa shape index (κ1) is 30.1. The Hall–Kier alpha value is -1.87. The van der Waals surface area contributed by atoms with E-state index in [1.807, 2.05) is 0 Å². The van der Waals surface area contributed by atoms with Crippen molar-refractivity contribution in [1.29, 1.82) is 0 Å². The molecule has 0 aliphatic heterocycles. The molecule has 0 saturated carbocycles. The van der Waals surface area contributed by atoms with E-state index in [4.69, 9.17) is 26.2 Å². The summed E-state index contributed by atoms with van der Waals surface area (Å²) in [6, 6.07) is 0. The second-order valence-electron chi connectivity index (χ2n) is 7.63. The molecule has 8 N–H and O–H groups in total. The van der Waals surface area contributed by atoms with Gasteiger partial charge in [-0.25, -0.2) is 0 Å². The van der Waals surface area contributed by atoms with Crippen molar-refractivity contribution in [3.8, 4) is 0 Å². The van der Waals surface area contributed by atoms with E-state index in [1.165, 1.54) is 0 Å². The number of carboxylic acids is 3. The molecule has 0 aromatic heterocycles. The van der Waals surface area contributed by atoms with E-state index in [9.17, 15) is 24.6 Å². The highest BCUT2D eigenvalue weighted by Gasteiger charge is 2.19. The lowest BCUT2D eigenvalue weighted by Gasteiger charge is -2.28. The summed E-state index contributed by atoms with van der Waals surface area (Å²) in [5.41, 5.74) is 5.49. The molecule has 0 aromatic carbocycles. The highest BCUT2D eigenvalue weighted by Crippen LogP contribution is 2.11. The molecule has 0 aliphatic rings. The highest BCUT2D eigenvalue weighted by atomic mass is 16.4. The smallest absolute Gasteiger partial charge is 0.317 e. The summed E-state index contributed by atoms with van der Waals surface area (Å²) in [4.78, 5) is 38.2. The average molecular weight is 467 g/mol. The predicted octanol–water partition coefficient (Wildman–Crippen LogP) is -3.15. The average Bonchev–Trinajstić information content (AvgIpc) is 2.71. The summed E-state index contributed by atoms with van der Waals surface area (Å²) < 4.78 is 0. The molecule has 13 nitrogen and oxygen atoms in total. The Bertz CT molecular complexity index is 553. The summed E-state index contributed by atoms with van der Waals surface area (Å²) in [5, 5.41) is 55.3. The molecule has 0 fully saturated rings. The Morgan fingerprint density at radius 1 is 0.688 bits per heavy atom. The van der Waals surface area contributed by atoms with Gasteiger partial charge in [0.05, 0.1) is 32.3 Å². The summed E-state index contributed by atoms with van der Waals surface area (Å²) in [6.45, 7) is 0.527. The third kappa shape index (κ3) is 15.0. The fraction of sp³-hybridized carbons (Fsp3) is 0.842. The maximum atomic E-state index is 11.2. The zero-order valence-corrected chi connectivity index (χ0v) is 18.4. The maximum Gasteiger partial charge on any atom is 0.317 e. The van der Waals surface area contributed by atoms with Crippen LogP contribution in [0.4, 0.5) is 0 Å². The molecule has 0 aromatic rings. The second-order valence-corrected chi connectivity index (χ2v) is 7.63. The van der Waals surface area contributed by atoms with Crippen molar-refractivity contribution in [3.63, 3.8) is 0 Å². The standard InChI is InChI=1S/C19H38N4O9/c20-3-5-22(11-18(29)30)7-9-23(12-19(31)32)8-6-21(10-17(27)28)4-1-2-15(13-24)16(26)14-25/h15-16,24-26H,1-14,20H2,(H,27,28)(H,29,30)(H,31,32)/t15-,16-/m1/s1. The normalized spacial score (nSPS) is 13.6. The van der Waals surface area contributed by atoms with Crippen molar-refractivity contribution < 1.29 is 45.0 Å². The van der Waals surface area contributed by atoms with Crippen LogP contribution in [-0.4, -0.2) is 148 Å². The van der Waals surface area contributed by atoms with Crippen molar-refractivity contribution in [3.05, 3.63) is 0 Å². The molecule has 2 atom stereocenters. The van der Waals surface area contributed by atoms with Gasteiger partial charge in [0.25, 0.3) is 0 Å². The van der Waals surface area contributed by atoms with Gasteiger partial charge in [-0.1, -0.05) is 0 Å². The maximum absolute atomic E-state index is 11.2. The Morgan fingerprint density at radius 3 is 1.44 bits per heavy atom. The highest BCUT2D eigenvalue weighted by molar-refractivity contribution is 5.69. The molecule has 0 bridgehead atoms. The van der Waals surface area contributed by atoms with Gasteiger partial charge in [0.15, 0.2) is 0 Å². The monoisotopic (exact) mass is 466 g/mol. The van der Waals surface area contributed by atoms with E-state index in [1.54, 1.807) is 14.7 Å². The van der Waals surface area contributed by atoms with Crippen molar-refractivity contribution in [1.82, 2.24) is 14.7 Å². The van der Waals surface area contributed by atoms with E-state index >= 15 is 0 Å². The number of nitrogens with zero attached hydrogens (tertiary/aromatic N) is 3. The minimum Gasteiger partial charge on any atom is -0.480 e. The Balaban J connectivity index is 4.85. The summed E-state index contributed by atoms with van der Waals surface area (Å²) in [5.74, 6) is -3.62. The molecule has 0 unspecified atom stereocenters. The number of aliphatic hydroxyl groups excluding tert-OH is 3. The topological polar surface area (TPSA) is 208 Å². The Labute approximate surface area is 187 Å². The number of hydrogen-bond acceptors (Lipinski definition) is 10. The molecular weight excluding hydrogens is 428 g/mol. The largest absolute Gasteiger partial charge is 0.480 e. The number of rotatable bonds is 21. The minimum atomic E-state index is -1.05. The number of carboxylic acid groups (broad SMARTS) is 3. The molecule has 0 spiro atoms. The lowest BCUT2D eigenvalue weighted by Crippen LogP contribution is -2.44.